The number of nitrogens with two attached hydrogens (primary N) is 1. The minimum Gasteiger partial charge on any atom is -0.375 e. The van der Waals surface area contributed by atoms with Gasteiger partial charge in [0.1, 0.15) is 0 Å². The molecule has 2 nitrogen and oxygen atoms in total. The van der Waals surface area contributed by atoms with Gasteiger partial charge in [-0.2, -0.15) is 13.2 Å². The highest BCUT2D eigenvalue weighted by atomic mass is 35.5. The van der Waals surface area contributed by atoms with Crippen LogP contribution in [0.5, 0.6) is 0 Å². The molecule has 1 aromatic carbocycles. The molecule has 0 aliphatic heterocycles. The Balaban J connectivity index is 3.42. The summed E-state index contributed by atoms with van der Waals surface area (Å²) in [5, 5.41) is 9.09. The van der Waals surface area contributed by atoms with E-state index < -0.39 is 23.9 Å². The Morgan fingerprint density at radius 2 is 1.53 bits per heavy atom. The van der Waals surface area contributed by atoms with Gasteiger partial charge in [0.05, 0.1) is 15.1 Å². The van der Waals surface area contributed by atoms with Crippen LogP contribution in [0.1, 0.15) is 5.56 Å². The smallest absolute Gasteiger partial charge is 0.375 e. The molecular weight excluding hydrogens is 301 g/mol. The van der Waals surface area contributed by atoms with Gasteiger partial charge in [-0.25, -0.2) is 0 Å². The second kappa shape index (κ2) is 4.82. The Labute approximate surface area is 110 Å². The Hall–Kier alpha value is -0.200. The van der Waals surface area contributed by atoms with Crippen LogP contribution in [0.25, 0.3) is 0 Å². The third-order valence-electron chi connectivity index (χ3n) is 2.23. The third kappa shape index (κ3) is 2.63. The molecule has 1 aromatic rings. The quantitative estimate of drug-likeness (QED) is 0.823. The van der Waals surface area contributed by atoms with Gasteiger partial charge < -0.3 is 10.8 Å². The Morgan fingerprint density at radius 3 is 1.82 bits per heavy atom. The summed E-state index contributed by atoms with van der Waals surface area (Å²) in [7, 11) is 0. The molecule has 1 rings (SSSR count). The Bertz CT molecular complexity index is 415. The number of aliphatic hydroxyl groups is 1. The van der Waals surface area contributed by atoms with Crippen LogP contribution < -0.4 is 5.73 Å². The molecule has 0 aliphatic carbocycles. The fraction of sp³-hybridized carbons (Fsp3) is 0.333. The van der Waals surface area contributed by atoms with Gasteiger partial charge in [-0.15, -0.1) is 0 Å². The van der Waals surface area contributed by atoms with Crippen molar-refractivity contribution >= 4 is 34.8 Å². The van der Waals surface area contributed by atoms with Crippen molar-refractivity contribution in [3.8, 4) is 0 Å². The normalized spacial score (nSPS) is 15.8. The summed E-state index contributed by atoms with van der Waals surface area (Å²) in [6.45, 7) is -1.05. The fourth-order valence-electron chi connectivity index (χ4n) is 1.19. The van der Waals surface area contributed by atoms with Crippen LogP contribution in [0, 0.1) is 0 Å². The first-order valence-electron chi connectivity index (χ1n) is 4.27. The zero-order chi connectivity index (χ0) is 13.4. The molecule has 0 saturated carbocycles. The number of halogens is 6. The number of benzene rings is 1. The lowest BCUT2D eigenvalue weighted by Gasteiger charge is -2.29. The SMILES string of the molecule is NCC(O)(c1cc(Cl)c(Cl)c(Cl)c1)C(F)(F)F. The van der Waals surface area contributed by atoms with Crippen molar-refractivity contribution in [3.63, 3.8) is 0 Å². The van der Waals surface area contributed by atoms with Gasteiger partial charge in [0.25, 0.3) is 0 Å². The van der Waals surface area contributed by atoms with Crippen molar-refractivity contribution in [2.75, 3.05) is 6.54 Å². The Morgan fingerprint density at radius 1 is 1.12 bits per heavy atom. The minimum absolute atomic E-state index is 0.0846. The van der Waals surface area contributed by atoms with E-state index in [1.807, 2.05) is 0 Å². The monoisotopic (exact) mass is 307 g/mol. The minimum atomic E-state index is -4.94. The summed E-state index contributed by atoms with van der Waals surface area (Å²) in [5.41, 5.74) is 1.22. The average molecular weight is 309 g/mol. The molecule has 0 radical (unpaired) electrons. The van der Waals surface area contributed by atoms with Gasteiger partial charge in [0, 0.05) is 6.54 Å². The molecule has 3 N–H and O–H groups in total. The molecule has 17 heavy (non-hydrogen) atoms. The van der Waals surface area contributed by atoms with E-state index in [-0.39, 0.29) is 15.1 Å². The average Bonchev–Trinajstić information content (AvgIpc) is 2.22. The van der Waals surface area contributed by atoms with E-state index in [0.717, 1.165) is 12.1 Å². The van der Waals surface area contributed by atoms with Crippen molar-refractivity contribution in [3.05, 3.63) is 32.8 Å². The molecule has 1 unspecified atom stereocenters. The largest absolute Gasteiger partial charge is 0.422 e. The summed E-state index contributed by atoms with van der Waals surface area (Å²) >= 11 is 16.8. The van der Waals surface area contributed by atoms with Gasteiger partial charge in [-0.05, 0) is 17.7 Å². The molecular formula is C9H7Cl3F3NO. The highest BCUT2D eigenvalue weighted by molar-refractivity contribution is 6.48. The summed E-state index contributed by atoms with van der Waals surface area (Å²) < 4.78 is 38.1. The van der Waals surface area contributed by atoms with Crippen LogP contribution in [-0.2, 0) is 5.60 Å². The third-order valence-corrected chi connectivity index (χ3v) is 3.42. The first-order valence-corrected chi connectivity index (χ1v) is 5.41. The first-order chi connectivity index (χ1) is 7.63. The van der Waals surface area contributed by atoms with Crippen molar-refractivity contribution in [2.24, 2.45) is 5.73 Å². The topological polar surface area (TPSA) is 46.2 Å². The van der Waals surface area contributed by atoms with E-state index in [1.54, 1.807) is 0 Å². The summed E-state index contributed by atoms with van der Waals surface area (Å²) in [5.74, 6) is 0. The molecule has 96 valence electrons. The van der Waals surface area contributed by atoms with Crippen LogP contribution in [0.2, 0.25) is 15.1 Å². The van der Waals surface area contributed by atoms with Crippen molar-refractivity contribution in [2.45, 2.75) is 11.8 Å². The maximum absolute atomic E-state index is 12.7. The zero-order valence-electron chi connectivity index (χ0n) is 8.15. The van der Waals surface area contributed by atoms with E-state index >= 15 is 0 Å². The second-order valence-electron chi connectivity index (χ2n) is 3.32. The van der Waals surface area contributed by atoms with Gasteiger partial charge in [0.15, 0.2) is 5.60 Å². The van der Waals surface area contributed by atoms with Crippen LogP contribution in [0.4, 0.5) is 13.2 Å². The molecule has 0 heterocycles. The van der Waals surface area contributed by atoms with Gasteiger partial charge in [-0.1, -0.05) is 34.8 Å². The standard InChI is InChI=1S/C9H7Cl3F3NO/c10-5-1-4(2-6(11)7(5)12)8(17,3-16)9(13,14)15/h1-2,17H,3,16H2. The zero-order valence-corrected chi connectivity index (χ0v) is 10.4. The molecule has 0 spiro atoms. The molecule has 0 amide bonds. The number of hydrogen-bond donors (Lipinski definition) is 2. The lowest BCUT2D eigenvalue weighted by Crippen LogP contribution is -2.48. The summed E-state index contributed by atoms with van der Waals surface area (Å²) in [6.07, 6.45) is -4.94. The molecule has 0 aromatic heterocycles. The maximum atomic E-state index is 12.7. The van der Waals surface area contributed by atoms with Crippen molar-refractivity contribution in [1.29, 1.82) is 0 Å². The predicted octanol–water partition coefficient (Wildman–Crippen LogP) is 3.36. The predicted molar refractivity (Wildman–Crippen MR) is 60.5 cm³/mol. The number of hydrogen-bond acceptors (Lipinski definition) is 2. The molecule has 0 aliphatic rings. The molecule has 0 fully saturated rings. The van der Waals surface area contributed by atoms with E-state index in [0.29, 0.717) is 0 Å². The van der Waals surface area contributed by atoms with Crippen LogP contribution >= 0.6 is 34.8 Å². The maximum Gasteiger partial charge on any atom is 0.422 e. The lowest BCUT2D eigenvalue weighted by atomic mass is 9.93. The van der Waals surface area contributed by atoms with E-state index in [2.05, 4.69) is 0 Å². The van der Waals surface area contributed by atoms with Gasteiger partial charge in [-0.3, -0.25) is 0 Å². The van der Waals surface area contributed by atoms with Crippen LogP contribution in [0.15, 0.2) is 12.1 Å². The number of alkyl halides is 3. The molecule has 8 heteroatoms. The van der Waals surface area contributed by atoms with Crippen LogP contribution in [-0.4, -0.2) is 17.8 Å². The second-order valence-corrected chi connectivity index (χ2v) is 4.51. The van der Waals surface area contributed by atoms with Crippen molar-refractivity contribution in [1.82, 2.24) is 0 Å². The van der Waals surface area contributed by atoms with Crippen LogP contribution in [0.3, 0.4) is 0 Å². The van der Waals surface area contributed by atoms with Gasteiger partial charge >= 0.3 is 6.18 Å². The summed E-state index contributed by atoms with van der Waals surface area (Å²) in [4.78, 5) is 0. The molecule has 1 atom stereocenters. The highest BCUT2D eigenvalue weighted by Crippen LogP contribution is 2.42. The first kappa shape index (κ1) is 14.9. The molecule has 0 bridgehead atoms. The van der Waals surface area contributed by atoms with E-state index in [9.17, 15) is 18.3 Å². The van der Waals surface area contributed by atoms with Crippen molar-refractivity contribution < 1.29 is 18.3 Å². The number of rotatable bonds is 2. The van der Waals surface area contributed by atoms with E-state index in [1.165, 1.54) is 0 Å². The lowest BCUT2D eigenvalue weighted by molar-refractivity contribution is -0.262. The van der Waals surface area contributed by atoms with Gasteiger partial charge in [0.2, 0.25) is 0 Å². The highest BCUT2D eigenvalue weighted by Gasteiger charge is 2.54. The fourth-order valence-corrected chi connectivity index (χ4v) is 1.79. The van der Waals surface area contributed by atoms with E-state index in [4.69, 9.17) is 40.5 Å². The summed E-state index contributed by atoms with van der Waals surface area (Å²) in [6, 6.07) is 1.77. The Kier molecular flexibility index (Phi) is 4.21. The molecule has 0 saturated heterocycles.